The van der Waals surface area contributed by atoms with Gasteiger partial charge in [-0.1, -0.05) is 47.6 Å². The van der Waals surface area contributed by atoms with Crippen LogP contribution in [0.1, 0.15) is 47.1 Å². The third-order valence-electron chi connectivity index (χ3n) is 5.19. The molecule has 0 bridgehead atoms. The van der Waals surface area contributed by atoms with Crippen molar-refractivity contribution in [1.29, 1.82) is 0 Å². The monoisotopic (exact) mass is 452 g/mol. The summed E-state index contributed by atoms with van der Waals surface area (Å²) < 4.78 is 20.7. The zero-order valence-corrected chi connectivity index (χ0v) is 20.0. The summed E-state index contributed by atoms with van der Waals surface area (Å²) in [6, 6.07) is 8.92. The van der Waals surface area contributed by atoms with E-state index in [2.05, 4.69) is 10.6 Å². The van der Waals surface area contributed by atoms with Gasteiger partial charge in [-0.15, -0.1) is 0 Å². The minimum Gasteiger partial charge on any atom is -0.455 e. The third-order valence-corrected chi connectivity index (χ3v) is 5.19. The summed E-state index contributed by atoms with van der Waals surface area (Å²) in [5.41, 5.74) is 0.107. The fourth-order valence-corrected chi connectivity index (χ4v) is 3.03. The van der Waals surface area contributed by atoms with E-state index in [0.29, 0.717) is 22.4 Å². The number of carbonyl (C=O) groups is 2. The standard InChI is InChI=1S/C26H29FN2O4/c1-14-8-10-18(29-24(32)26(5,6)7)21-19(30)13-20(33-22(14)21)15-9-11-17(16(27)12-15)28-23(31)25(2,3)4/h8-13H,1-7H3,(H,28,31)(H,29,32). The van der Waals surface area contributed by atoms with E-state index in [4.69, 9.17) is 4.42 Å². The molecule has 2 amide bonds. The molecule has 33 heavy (non-hydrogen) atoms. The molecule has 3 aromatic rings. The van der Waals surface area contributed by atoms with E-state index in [0.717, 1.165) is 0 Å². The summed E-state index contributed by atoms with van der Waals surface area (Å²) in [6.45, 7) is 12.3. The van der Waals surface area contributed by atoms with Crippen molar-refractivity contribution in [2.75, 3.05) is 10.6 Å². The van der Waals surface area contributed by atoms with Crippen LogP contribution in [-0.4, -0.2) is 11.8 Å². The van der Waals surface area contributed by atoms with E-state index in [1.165, 1.54) is 18.2 Å². The molecule has 0 spiro atoms. The minimum absolute atomic E-state index is 0.0465. The number of benzene rings is 2. The van der Waals surface area contributed by atoms with Crippen LogP contribution in [0.4, 0.5) is 15.8 Å². The van der Waals surface area contributed by atoms with Crippen LogP contribution in [0.15, 0.2) is 45.6 Å². The van der Waals surface area contributed by atoms with Crippen molar-refractivity contribution in [2.24, 2.45) is 10.8 Å². The molecule has 2 N–H and O–H groups in total. The van der Waals surface area contributed by atoms with E-state index in [1.54, 1.807) is 66.7 Å². The van der Waals surface area contributed by atoms with Crippen molar-refractivity contribution in [3.8, 4) is 11.3 Å². The van der Waals surface area contributed by atoms with Crippen molar-refractivity contribution in [2.45, 2.75) is 48.5 Å². The Bertz CT molecular complexity index is 1310. The second kappa shape index (κ2) is 8.46. The Morgan fingerprint density at radius 3 is 1.94 bits per heavy atom. The average Bonchev–Trinajstić information content (AvgIpc) is 2.69. The van der Waals surface area contributed by atoms with Gasteiger partial charge in [-0.3, -0.25) is 14.4 Å². The number of rotatable bonds is 3. The molecule has 0 radical (unpaired) electrons. The van der Waals surface area contributed by atoms with Gasteiger partial charge in [0, 0.05) is 22.5 Å². The van der Waals surface area contributed by atoms with Crippen LogP contribution in [0.3, 0.4) is 0 Å². The van der Waals surface area contributed by atoms with E-state index >= 15 is 0 Å². The number of anilines is 2. The zero-order valence-electron chi connectivity index (χ0n) is 20.0. The molecule has 1 aromatic heterocycles. The number of aryl methyl sites for hydroxylation is 1. The van der Waals surface area contributed by atoms with Gasteiger partial charge in [-0.25, -0.2) is 4.39 Å². The van der Waals surface area contributed by atoms with Crippen LogP contribution in [0.5, 0.6) is 0 Å². The van der Waals surface area contributed by atoms with Gasteiger partial charge in [0.15, 0.2) is 5.43 Å². The molecule has 7 heteroatoms. The van der Waals surface area contributed by atoms with E-state index in [9.17, 15) is 18.8 Å². The van der Waals surface area contributed by atoms with Gasteiger partial charge < -0.3 is 15.1 Å². The first-order valence-corrected chi connectivity index (χ1v) is 10.7. The van der Waals surface area contributed by atoms with Gasteiger partial charge in [0.05, 0.1) is 16.8 Å². The topological polar surface area (TPSA) is 88.4 Å². The minimum atomic E-state index is -0.673. The van der Waals surface area contributed by atoms with Gasteiger partial charge >= 0.3 is 0 Å². The lowest BCUT2D eigenvalue weighted by molar-refractivity contribution is -0.123. The lowest BCUT2D eigenvalue weighted by Crippen LogP contribution is -2.28. The number of hydrogen-bond donors (Lipinski definition) is 2. The molecule has 3 rings (SSSR count). The van der Waals surface area contributed by atoms with Gasteiger partial charge in [-0.2, -0.15) is 0 Å². The highest BCUT2D eigenvalue weighted by Gasteiger charge is 2.24. The van der Waals surface area contributed by atoms with Gasteiger partial charge in [0.1, 0.15) is 17.2 Å². The fourth-order valence-electron chi connectivity index (χ4n) is 3.03. The Kier molecular flexibility index (Phi) is 6.20. The number of carbonyl (C=O) groups excluding carboxylic acids is 2. The van der Waals surface area contributed by atoms with Crippen LogP contribution in [0, 0.1) is 23.6 Å². The zero-order chi connectivity index (χ0) is 24.7. The molecule has 0 atom stereocenters. The quantitative estimate of drug-likeness (QED) is 0.520. The second-order valence-electron chi connectivity index (χ2n) is 10.2. The summed E-state index contributed by atoms with van der Waals surface area (Å²) in [7, 11) is 0. The largest absolute Gasteiger partial charge is 0.455 e. The number of fused-ring (bicyclic) bond motifs is 1. The van der Waals surface area contributed by atoms with Gasteiger partial charge in [0.2, 0.25) is 11.8 Å². The molecule has 0 aliphatic heterocycles. The fraction of sp³-hybridized carbons (Fsp3) is 0.346. The van der Waals surface area contributed by atoms with Gasteiger partial charge in [-0.05, 0) is 36.8 Å². The van der Waals surface area contributed by atoms with Crippen LogP contribution in [0.25, 0.3) is 22.3 Å². The number of halogens is 1. The van der Waals surface area contributed by atoms with Gasteiger partial charge in [0.25, 0.3) is 0 Å². The molecular formula is C26H29FN2O4. The third kappa shape index (κ3) is 5.13. The Labute approximate surface area is 192 Å². The highest BCUT2D eigenvalue weighted by atomic mass is 19.1. The van der Waals surface area contributed by atoms with Crippen molar-refractivity contribution in [3.05, 3.63) is 58.0 Å². The summed E-state index contributed by atoms with van der Waals surface area (Å²) in [6.07, 6.45) is 0. The highest BCUT2D eigenvalue weighted by Crippen LogP contribution is 2.31. The van der Waals surface area contributed by atoms with Crippen LogP contribution in [-0.2, 0) is 9.59 Å². The first kappa shape index (κ1) is 24.2. The van der Waals surface area contributed by atoms with Crippen molar-refractivity contribution in [1.82, 2.24) is 0 Å². The van der Waals surface area contributed by atoms with Crippen LogP contribution in [0.2, 0.25) is 0 Å². The molecule has 0 aliphatic carbocycles. The Morgan fingerprint density at radius 2 is 1.39 bits per heavy atom. The Morgan fingerprint density at radius 1 is 0.848 bits per heavy atom. The molecular weight excluding hydrogens is 423 g/mol. The van der Waals surface area contributed by atoms with Crippen LogP contribution < -0.4 is 16.1 Å². The predicted molar refractivity (Wildman–Crippen MR) is 129 cm³/mol. The predicted octanol–water partition coefficient (Wildman–Crippen LogP) is 5.88. The van der Waals surface area contributed by atoms with Crippen molar-refractivity contribution < 1.29 is 18.4 Å². The van der Waals surface area contributed by atoms with Crippen molar-refractivity contribution in [3.63, 3.8) is 0 Å². The average molecular weight is 453 g/mol. The summed E-state index contributed by atoms with van der Waals surface area (Å²) >= 11 is 0. The molecule has 0 saturated carbocycles. The van der Waals surface area contributed by atoms with E-state index < -0.39 is 16.6 Å². The maximum Gasteiger partial charge on any atom is 0.229 e. The first-order chi connectivity index (χ1) is 15.2. The highest BCUT2D eigenvalue weighted by molar-refractivity contribution is 6.03. The molecule has 6 nitrogen and oxygen atoms in total. The summed E-state index contributed by atoms with van der Waals surface area (Å²) in [5.74, 6) is -1.00. The second-order valence-corrected chi connectivity index (χ2v) is 10.2. The lowest BCUT2D eigenvalue weighted by atomic mass is 9.95. The number of nitrogens with one attached hydrogen (secondary N) is 2. The lowest BCUT2D eigenvalue weighted by Gasteiger charge is -2.19. The normalized spacial score (nSPS) is 12.0. The molecule has 1 heterocycles. The first-order valence-electron chi connectivity index (χ1n) is 10.7. The molecule has 0 unspecified atom stereocenters. The summed E-state index contributed by atoms with van der Waals surface area (Å²) in [4.78, 5) is 37.6. The number of amides is 2. The van der Waals surface area contributed by atoms with Crippen molar-refractivity contribution >= 4 is 34.2 Å². The number of hydrogen-bond acceptors (Lipinski definition) is 4. The maximum absolute atomic E-state index is 14.7. The van der Waals surface area contributed by atoms with E-state index in [-0.39, 0.29) is 34.1 Å². The molecule has 0 fully saturated rings. The SMILES string of the molecule is Cc1ccc(NC(=O)C(C)(C)C)c2c(=O)cc(-c3ccc(NC(=O)C(C)(C)C)c(F)c3)oc12. The summed E-state index contributed by atoms with van der Waals surface area (Å²) in [5, 5.41) is 5.63. The molecule has 2 aromatic carbocycles. The Balaban J connectivity index is 2.05. The Hall–Kier alpha value is -3.48. The van der Waals surface area contributed by atoms with Crippen LogP contribution >= 0.6 is 0 Å². The smallest absolute Gasteiger partial charge is 0.229 e. The molecule has 0 aliphatic rings. The molecule has 174 valence electrons. The maximum atomic E-state index is 14.7. The molecule has 0 saturated heterocycles. The van der Waals surface area contributed by atoms with E-state index in [1.807, 2.05) is 0 Å².